The van der Waals surface area contributed by atoms with Gasteiger partial charge in [0.25, 0.3) is 5.91 Å². The fraction of sp³-hybridized carbons (Fsp3) is 0.174. The predicted octanol–water partition coefficient (Wildman–Crippen LogP) is 3.05. The second kappa shape index (κ2) is 9.43. The van der Waals surface area contributed by atoms with E-state index in [0.717, 1.165) is 16.8 Å². The number of carbonyl (C=O) groups excluding carboxylic acids is 1. The summed E-state index contributed by atoms with van der Waals surface area (Å²) in [5.74, 6) is -0.250. The van der Waals surface area contributed by atoms with Crippen LogP contribution in [0.5, 0.6) is 0 Å². The van der Waals surface area contributed by atoms with E-state index in [1.165, 1.54) is 16.1 Å². The minimum absolute atomic E-state index is 0.219. The molecule has 8 nitrogen and oxygen atoms in total. The van der Waals surface area contributed by atoms with Crippen LogP contribution in [0.2, 0.25) is 0 Å². The molecule has 2 aliphatic rings. The third-order valence-electron chi connectivity index (χ3n) is 5.43. The van der Waals surface area contributed by atoms with E-state index in [1.807, 2.05) is 36.5 Å². The molecule has 0 spiro atoms. The van der Waals surface area contributed by atoms with Gasteiger partial charge in [0.05, 0.1) is 34.4 Å². The lowest BCUT2D eigenvalue weighted by Crippen LogP contribution is -2.40. The summed E-state index contributed by atoms with van der Waals surface area (Å²) >= 11 is 6.30. The lowest BCUT2D eigenvalue weighted by molar-refractivity contribution is -0.115. The molecule has 1 N–H and O–H groups in total. The smallest absolute Gasteiger partial charge is 0.263 e. The molecule has 0 atom stereocenters. The number of nitrogens with one attached hydrogen (secondary N) is 1. The number of carbonyl (C=O) groups is 1. The SMILES string of the molecule is O=C1NC(=S)SC1=Cc1cn(-c2ccccc2)nc1-c1ccc(S(=O)(=O)N2CCOCC2)cc1. The van der Waals surface area contributed by atoms with E-state index in [9.17, 15) is 13.2 Å². The van der Waals surface area contributed by atoms with Gasteiger partial charge in [0.1, 0.15) is 4.32 Å². The van der Waals surface area contributed by atoms with Crippen LogP contribution in [0.15, 0.2) is 70.6 Å². The molecule has 1 amide bonds. The number of hydrogen-bond donors (Lipinski definition) is 1. The number of nitrogens with zero attached hydrogens (tertiary/aromatic N) is 3. The van der Waals surface area contributed by atoms with Crippen LogP contribution in [0.25, 0.3) is 23.0 Å². The minimum atomic E-state index is -3.60. The lowest BCUT2D eigenvalue weighted by atomic mass is 10.1. The van der Waals surface area contributed by atoms with Crippen LogP contribution < -0.4 is 5.32 Å². The topological polar surface area (TPSA) is 93.5 Å². The predicted molar refractivity (Wildman–Crippen MR) is 135 cm³/mol. The van der Waals surface area contributed by atoms with E-state index >= 15 is 0 Å². The van der Waals surface area contributed by atoms with Crippen molar-refractivity contribution in [1.29, 1.82) is 0 Å². The molecule has 0 bridgehead atoms. The first-order valence-corrected chi connectivity index (χ1v) is 13.2. The molecule has 2 saturated heterocycles. The molecular formula is C23H20N4O4S3. The van der Waals surface area contributed by atoms with Crippen molar-refractivity contribution in [3.05, 3.63) is 71.3 Å². The molecule has 0 unspecified atom stereocenters. The Morgan fingerprint density at radius 2 is 1.76 bits per heavy atom. The number of benzene rings is 2. The Kier molecular flexibility index (Phi) is 6.36. The van der Waals surface area contributed by atoms with Gasteiger partial charge in [-0.1, -0.05) is 54.3 Å². The molecule has 0 radical (unpaired) electrons. The van der Waals surface area contributed by atoms with Gasteiger partial charge in [-0.25, -0.2) is 13.1 Å². The third kappa shape index (κ3) is 4.57. The molecule has 3 heterocycles. The summed E-state index contributed by atoms with van der Waals surface area (Å²) in [6.45, 7) is 1.46. The number of morpholine rings is 1. The largest absolute Gasteiger partial charge is 0.379 e. The van der Waals surface area contributed by atoms with Crippen LogP contribution >= 0.6 is 24.0 Å². The maximum Gasteiger partial charge on any atom is 0.263 e. The van der Waals surface area contributed by atoms with E-state index in [1.54, 1.807) is 35.0 Å². The normalized spacial score (nSPS) is 18.4. The molecule has 5 rings (SSSR count). The van der Waals surface area contributed by atoms with Crippen molar-refractivity contribution in [2.24, 2.45) is 0 Å². The van der Waals surface area contributed by atoms with E-state index in [-0.39, 0.29) is 10.8 Å². The number of rotatable bonds is 5. The van der Waals surface area contributed by atoms with Crippen molar-refractivity contribution in [3.63, 3.8) is 0 Å². The number of sulfonamides is 1. The van der Waals surface area contributed by atoms with Crippen molar-refractivity contribution in [3.8, 4) is 16.9 Å². The third-order valence-corrected chi connectivity index (χ3v) is 8.50. The summed E-state index contributed by atoms with van der Waals surface area (Å²) in [5.41, 5.74) is 2.93. The first-order valence-electron chi connectivity index (χ1n) is 10.5. The second-order valence-corrected chi connectivity index (χ2v) is 11.3. The Hall–Kier alpha value is -2.83. The molecule has 2 aromatic carbocycles. The van der Waals surface area contributed by atoms with Crippen LogP contribution in [0.4, 0.5) is 0 Å². The number of hydrogen-bond acceptors (Lipinski definition) is 7. The average Bonchev–Trinajstić information content (AvgIpc) is 3.42. The second-order valence-electron chi connectivity index (χ2n) is 7.61. The van der Waals surface area contributed by atoms with Gasteiger partial charge in [-0.15, -0.1) is 0 Å². The first-order chi connectivity index (χ1) is 16.4. The standard InChI is InChI=1S/C23H20N4O4S3/c28-22-20(33-23(32)24-22)14-17-15-27(18-4-2-1-3-5-18)25-21(17)16-6-8-19(9-7-16)34(29,30)26-10-12-31-13-11-26/h1-9,14-15H,10-13H2,(H,24,28,32). The molecular weight excluding hydrogens is 492 g/mol. The summed E-state index contributed by atoms with van der Waals surface area (Å²) in [7, 11) is -3.60. The fourth-order valence-corrected chi connectivity index (χ4v) is 6.16. The molecule has 0 aliphatic carbocycles. The maximum atomic E-state index is 13.0. The Morgan fingerprint density at radius 1 is 1.06 bits per heavy atom. The average molecular weight is 513 g/mol. The van der Waals surface area contributed by atoms with Gasteiger partial charge in [0, 0.05) is 30.4 Å². The van der Waals surface area contributed by atoms with Crippen molar-refractivity contribution in [1.82, 2.24) is 19.4 Å². The van der Waals surface area contributed by atoms with Crippen molar-refractivity contribution >= 4 is 50.3 Å². The Morgan fingerprint density at radius 3 is 2.41 bits per heavy atom. The number of ether oxygens (including phenoxy) is 1. The molecule has 0 saturated carbocycles. The monoisotopic (exact) mass is 512 g/mol. The minimum Gasteiger partial charge on any atom is -0.379 e. The number of thioether (sulfide) groups is 1. The van der Waals surface area contributed by atoms with Crippen molar-refractivity contribution in [2.45, 2.75) is 4.90 Å². The number of thiocarbonyl (C=S) groups is 1. The Balaban J connectivity index is 1.53. The molecule has 34 heavy (non-hydrogen) atoms. The maximum absolute atomic E-state index is 13.0. The molecule has 174 valence electrons. The lowest BCUT2D eigenvalue weighted by Gasteiger charge is -2.26. The fourth-order valence-electron chi connectivity index (χ4n) is 3.71. The van der Waals surface area contributed by atoms with Gasteiger partial charge >= 0.3 is 0 Å². The first kappa shape index (κ1) is 22.9. The van der Waals surface area contributed by atoms with E-state index in [2.05, 4.69) is 5.32 Å². The highest BCUT2D eigenvalue weighted by molar-refractivity contribution is 8.26. The van der Waals surface area contributed by atoms with Crippen LogP contribution in [0.1, 0.15) is 5.56 Å². The van der Waals surface area contributed by atoms with Crippen molar-refractivity contribution < 1.29 is 17.9 Å². The molecule has 2 fully saturated rings. The van der Waals surface area contributed by atoms with Crippen LogP contribution in [-0.2, 0) is 19.6 Å². The highest BCUT2D eigenvalue weighted by Crippen LogP contribution is 2.31. The highest BCUT2D eigenvalue weighted by Gasteiger charge is 2.27. The summed E-state index contributed by atoms with van der Waals surface area (Å²) in [4.78, 5) is 12.9. The van der Waals surface area contributed by atoms with E-state index < -0.39 is 10.0 Å². The zero-order chi connectivity index (χ0) is 23.7. The summed E-state index contributed by atoms with van der Waals surface area (Å²) in [6.07, 6.45) is 3.59. The summed E-state index contributed by atoms with van der Waals surface area (Å²) in [5, 5.41) is 7.36. The van der Waals surface area contributed by atoms with Gasteiger partial charge in [-0.05, 0) is 30.3 Å². The van der Waals surface area contributed by atoms with Crippen LogP contribution in [0, 0.1) is 0 Å². The molecule has 2 aliphatic heterocycles. The number of aromatic nitrogens is 2. The van der Waals surface area contributed by atoms with Gasteiger partial charge < -0.3 is 10.1 Å². The van der Waals surface area contributed by atoms with Gasteiger partial charge in [-0.3, -0.25) is 4.79 Å². The molecule has 1 aromatic heterocycles. The summed E-state index contributed by atoms with van der Waals surface area (Å²) in [6, 6.07) is 16.3. The number of para-hydroxylation sites is 1. The van der Waals surface area contributed by atoms with Crippen LogP contribution in [-0.4, -0.2) is 59.0 Å². The van der Waals surface area contributed by atoms with E-state index in [0.29, 0.717) is 41.2 Å². The molecule has 3 aromatic rings. The molecule has 11 heteroatoms. The zero-order valence-electron chi connectivity index (χ0n) is 17.9. The number of amides is 1. The zero-order valence-corrected chi connectivity index (χ0v) is 20.3. The van der Waals surface area contributed by atoms with E-state index in [4.69, 9.17) is 22.1 Å². The quantitative estimate of drug-likeness (QED) is 0.415. The van der Waals surface area contributed by atoms with Gasteiger partial charge in [0.15, 0.2) is 0 Å². The van der Waals surface area contributed by atoms with Crippen LogP contribution in [0.3, 0.4) is 0 Å². The Labute approximate surface area is 206 Å². The van der Waals surface area contributed by atoms with Crippen molar-refractivity contribution in [2.75, 3.05) is 26.3 Å². The highest BCUT2D eigenvalue weighted by atomic mass is 32.2. The van der Waals surface area contributed by atoms with Gasteiger partial charge in [0.2, 0.25) is 10.0 Å². The summed E-state index contributed by atoms with van der Waals surface area (Å²) < 4.78 is 34.8. The van der Waals surface area contributed by atoms with Gasteiger partial charge in [-0.2, -0.15) is 9.40 Å². The Bertz CT molecular complexity index is 1380.